The first-order valence-electron chi connectivity index (χ1n) is 9.24. The van der Waals surface area contributed by atoms with Crippen LogP contribution in [0.2, 0.25) is 0 Å². The lowest BCUT2D eigenvalue weighted by Crippen LogP contribution is -2.43. The van der Waals surface area contributed by atoms with Gasteiger partial charge in [-0.25, -0.2) is 0 Å². The molecule has 0 heterocycles. The van der Waals surface area contributed by atoms with E-state index in [4.69, 9.17) is 9.47 Å². The van der Waals surface area contributed by atoms with Gasteiger partial charge in [-0.05, 0) is 42.0 Å². The van der Waals surface area contributed by atoms with Gasteiger partial charge in [0.25, 0.3) is 17.5 Å². The fourth-order valence-corrected chi connectivity index (χ4v) is 2.49. The molecule has 0 fully saturated rings. The Balaban J connectivity index is 1.41. The molecule has 2 amide bonds. The summed E-state index contributed by atoms with van der Waals surface area (Å²) in [5, 5.41) is 10.6. The Morgan fingerprint density at radius 3 is 2.06 bits per heavy atom. The lowest BCUT2D eigenvalue weighted by molar-refractivity contribution is -0.384. The summed E-state index contributed by atoms with van der Waals surface area (Å²) < 4.78 is 10.9. The number of hydrazine groups is 1. The number of carbonyl (C=O) groups is 2. The number of nitrogens with one attached hydrogen (secondary N) is 2. The van der Waals surface area contributed by atoms with E-state index in [1.54, 1.807) is 24.3 Å². The van der Waals surface area contributed by atoms with Crippen LogP contribution in [0.15, 0.2) is 78.9 Å². The summed E-state index contributed by atoms with van der Waals surface area (Å²) in [4.78, 5) is 34.0. The Labute approximate surface area is 177 Å². The highest BCUT2D eigenvalue weighted by molar-refractivity contribution is 5.95. The summed E-state index contributed by atoms with van der Waals surface area (Å²) in [5.74, 6) is -0.188. The van der Waals surface area contributed by atoms with E-state index in [-0.39, 0.29) is 18.0 Å². The van der Waals surface area contributed by atoms with E-state index in [0.29, 0.717) is 17.9 Å². The van der Waals surface area contributed by atoms with Gasteiger partial charge >= 0.3 is 0 Å². The number of amides is 2. The second-order valence-corrected chi connectivity index (χ2v) is 6.34. The van der Waals surface area contributed by atoms with Gasteiger partial charge in [-0.15, -0.1) is 0 Å². The lowest BCUT2D eigenvalue weighted by atomic mass is 10.2. The highest BCUT2D eigenvalue weighted by atomic mass is 16.6. The number of rotatable bonds is 8. The molecule has 0 saturated carbocycles. The molecule has 3 aromatic carbocycles. The van der Waals surface area contributed by atoms with Crippen LogP contribution in [0.5, 0.6) is 11.5 Å². The molecule has 0 aromatic heterocycles. The average Bonchev–Trinajstić information content (AvgIpc) is 2.81. The van der Waals surface area contributed by atoms with E-state index in [0.717, 1.165) is 5.56 Å². The standard InChI is InChI=1S/C22H19N3O6/c26-21(15-31-20-12-8-18(9-13-20)25(28)29)23-24-22(27)17-6-10-19(11-7-17)30-14-16-4-2-1-3-5-16/h1-13H,14-15H2,(H,23,26)(H,24,27). The summed E-state index contributed by atoms with van der Waals surface area (Å²) in [5.41, 5.74) is 5.81. The van der Waals surface area contributed by atoms with E-state index in [9.17, 15) is 19.7 Å². The summed E-state index contributed by atoms with van der Waals surface area (Å²) >= 11 is 0. The minimum atomic E-state index is -0.588. The maximum Gasteiger partial charge on any atom is 0.276 e. The van der Waals surface area contributed by atoms with Gasteiger partial charge in [0.05, 0.1) is 4.92 Å². The van der Waals surface area contributed by atoms with E-state index in [2.05, 4.69) is 10.9 Å². The van der Waals surface area contributed by atoms with Gasteiger partial charge in [0.2, 0.25) is 0 Å². The number of carbonyl (C=O) groups excluding carboxylic acids is 2. The van der Waals surface area contributed by atoms with Crippen molar-refractivity contribution < 1.29 is 24.0 Å². The molecular formula is C22H19N3O6. The smallest absolute Gasteiger partial charge is 0.276 e. The number of nitrogens with zero attached hydrogens (tertiary/aromatic N) is 1. The molecule has 31 heavy (non-hydrogen) atoms. The number of hydrogen-bond donors (Lipinski definition) is 2. The Morgan fingerprint density at radius 1 is 0.806 bits per heavy atom. The zero-order valence-corrected chi connectivity index (χ0v) is 16.3. The van der Waals surface area contributed by atoms with Crippen molar-refractivity contribution in [2.24, 2.45) is 0 Å². The monoisotopic (exact) mass is 421 g/mol. The quantitative estimate of drug-likeness (QED) is 0.426. The zero-order chi connectivity index (χ0) is 22.1. The molecule has 9 nitrogen and oxygen atoms in total. The van der Waals surface area contributed by atoms with Gasteiger partial charge in [-0.1, -0.05) is 30.3 Å². The number of nitro benzene ring substituents is 1. The van der Waals surface area contributed by atoms with Gasteiger partial charge in [-0.2, -0.15) is 0 Å². The van der Waals surface area contributed by atoms with Gasteiger partial charge in [0, 0.05) is 17.7 Å². The highest BCUT2D eigenvalue weighted by Crippen LogP contribution is 2.17. The number of nitro groups is 1. The van der Waals surface area contributed by atoms with E-state index >= 15 is 0 Å². The van der Waals surface area contributed by atoms with Crippen molar-refractivity contribution in [3.8, 4) is 11.5 Å². The SMILES string of the molecule is O=C(COc1ccc([N+](=O)[O-])cc1)NNC(=O)c1ccc(OCc2ccccc2)cc1. The van der Waals surface area contributed by atoms with Crippen LogP contribution < -0.4 is 20.3 Å². The van der Waals surface area contributed by atoms with Crippen molar-refractivity contribution in [3.05, 3.63) is 100 Å². The molecule has 0 aliphatic rings. The van der Waals surface area contributed by atoms with Crippen LogP contribution in [0.4, 0.5) is 5.69 Å². The van der Waals surface area contributed by atoms with Crippen molar-refractivity contribution in [1.82, 2.24) is 10.9 Å². The molecule has 3 rings (SSSR count). The van der Waals surface area contributed by atoms with Crippen LogP contribution in [-0.4, -0.2) is 23.3 Å². The minimum Gasteiger partial charge on any atom is -0.489 e. The Morgan fingerprint density at radius 2 is 1.42 bits per heavy atom. The van der Waals surface area contributed by atoms with E-state index in [1.807, 2.05) is 30.3 Å². The number of ether oxygens (including phenoxy) is 2. The lowest BCUT2D eigenvalue weighted by Gasteiger charge is -2.10. The van der Waals surface area contributed by atoms with Crippen LogP contribution in [0.1, 0.15) is 15.9 Å². The van der Waals surface area contributed by atoms with E-state index in [1.165, 1.54) is 24.3 Å². The molecule has 158 valence electrons. The van der Waals surface area contributed by atoms with Gasteiger partial charge in [0.15, 0.2) is 6.61 Å². The second-order valence-electron chi connectivity index (χ2n) is 6.34. The molecule has 0 atom stereocenters. The summed E-state index contributed by atoms with van der Waals surface area (Å²) in [6.45, 7) is 0.0432. The highest BCUT2D eigenvalue weighted by Gasteiger charge is 2.09. The fraction of sp³-hybridized carbons (Fsp3) is 0.0909. The van der Waals surface area contributed by atoms with Gasteiger partial charge < -0.3 is 9.47 Å². The van der Waals surface area contributed by atoms with Crippen LogP contribution >= 0.6 is 0 Å². The predicted octanol–water partition coefficient (Wildman–Crippen LogP) is 3.01. The number of benzene rings is 3. The van der Waals surface area contributed by atoms with E-state index < -0.39 is 16.7 Å². The predicted molar refractivity (Wildman–Crippen MR) is 111 cm³/mol. The molecule has 0 saturated heterocycles. The Kier molecular flexibility index (Phi) is 7.15. The number of hydrogen-bond acceptors (Lipinski definition) is 6. The zero-order valence-electron chi connectivity index (χ0n) is 16.3. The maximum atomic E-state index is 12.1. The maximum absolute atomic E-state index is 12.1. The molecule has 0 radical (unpaired) electrons. The normalized spacial score (nSPS) is 10.1. The van der Waals surface area contributed by atoms with Crippen LogP contribution in [0, 0.1) is 10.1 Å². The van der Waals surface area contributed by atoms with Crippen LogP contribution in [0.25, 0.3) is 0 Å². The second kappa shape index (κ2) is 10.4. The fourth-order valence-electron chi connectivity index (χ4n) is 2.49. The molecule has 0 unspecified atom stereocenters. The first kappa shape index (κ1) is 21.3. The molecule has 9 heteroatoms. The molecule has 0 bridgehead atoms. The molecular weight excluding hydrogens is 402 g/mol. The third kappa shape index (κ3) is 6.57. The van der Waals surface area contributed by atoms with Crippen LogP contribution in [0.3, 0.4) is 0 Å². The van der Waals surface area contributed by atoms with Crippen molar-refractivity contribution in [1.29, 1.82) is 0 Å². The van der Waals surface area contributed by atoms with Gasteiger partial charge in [-0.3, -0.25) is 30.6 Å². The molecule has 0 aliphatic carbocycles. The summed E-state index contributed by atoms with van der Waals surface area (Å²) in [6, 6.07) is 21.5. The minimum absolute atomic E-state index is 0.0828. The van der Waals surface area contributed by atoms with Crippen molar-refractivity contribution in [2.45, 2.75) is 6.61 Å². The first-order chi connectivity index (χ1) is 15.0. The summed E-state index contributed by atoms with van der Waals surface area (Å²) in [7, 11) is 0. The topological polar surface area (TPSA) is 120 Å². The number of non-ortho nitro benzene ring substituents is 1. The first-order valence-corrected chi connectivity index (χ1v) is 9.24. The average molecular weight is 421 g/mol. The largest absolute Gasteiger partial charge is 0.489 e. The summed E-state index contributed by atoms with van der Waals surface area (Å²) in [6.07, 6.45) is 0. The Hall–Kier alpha value is -4.40. The molecule has 3 aromatic rings. The van der Waals surface area contributed by atoms with Gasteiger partial charge in [0.1, 0.15) is 18.1 Å². The third-order valence-electron chi connectivity index (χ3n) is 4.10. The van der Waals surface area contributed by atoms with Crippen LogP contribution in [-0.2, 0) is 11.4 Å². The van der Waals surface area contributed by atoms with Crippen molar-refractivity contribution in [2.75, 3.05) is 6.61 Å². The van der Waals surface area contributed by atoms with Crippen molar-refractivity contribution >= 4 is 17.5 Å². The molecule has 0 aliphatic heterocycles. The third-order valence-corrected chi connectivity index (χ3v) is 4.10. The molecule has 0 spiro atoms. The van der Waals surface area contributed by atoms with Crippen molar-refractivity contribution in [3.63, 3.8) is 0 Å². The Bertz CT molecular complexity index is 1040. The molecule has 2 N–H and O–H groups in total.